The topological polar surface area (TPSA) is 74.2 Å². The lowest BCUT2D eigenvalue weighted by Crippen LogP contribution is -1.90. The molecule has 0 fully saturated rings. The first-order valence-corrected chi connectivity index (χ1v) is 5.74. The normalized spacial score (nSPS) is 10.5. The molecule has 0 aliphatic heterocycles. The number of aryl methyl sites for hydroxylation is 1. The zero-order valence-electron chi connectivity index (χ0n) is 10.2. The zero-order chi connectivity index (χ0) is 13.4. The molecular formula is C14H10N4O. The van der Waals surface area contributed by atoms with E-state index in [0.29, 0.717) is 17.0 Å². The van der Waals surface area contributed by atoms with Gasteiger partial charge in [-0.1, -0.05) is 12.1 Å². The monoisotopic (exact) mass is 250 g/mol. The zero-order valence-corrected chi connectivity index (χ0v) is 10.2. The van der Waals surface area contributed by atoms with E-state index in [0.717, 1.165) is 11.1 Å². The van der Waals surface area contributed by atoms with Crippen LogP contribution in [0.2, 0.25) is 0 Å². The molecule has 19 heavy (non-hydrogen) atoms. The number of nitrogens with zero attached hydrogens (tertiary/aromatic N) is 4. The number of aromatic hydroxyl groups is 1. The Morgan fingerprint density at radius 3 is 2.79 bits per heavy atom. The highest BCUT2D eigenvalue weighted by atomic mass is 16.3. The van der Waals surface area contributed by atoms with Gasteiger partial charge in [0, 0.05) is 17.8 Å². The maximum atomic E-state index is 9.75. The Bertz CT molecular complexity index is 814. The van der Waals surface area contributed by atoms with Gasteiger partial charge in [-0.3, -0.25) is 4.40 Å². The second kappa shape index (κ2) is 4.10. The molecule has 1 aromatic carbocycles. The number of nitriles is 1. The molecule has 0 atom stereocenters. The number of fused-ring (bicyclic) bond motifs is 1. The van der Waals surface area contributed by atoms with Gasteiger partial charge in [0.25, 0.3) is 0 Å². The molecule has 0 radical (unpaired) electrons. The molecule has 2 heterocycles. The molecule has 92 valence electrons. The lowest BCUT2D eigenvalue weighted by molar-refractivity contribution is 0.471. The van der Waals surface area contributed by atoms with Gasteiger partial charge in [0.2, 0.25) is 0 Å². The number of aromatic nitrogens is 3. The van der Waals surface area contributed by atoms with E-state index in [-0.39, 0.29) is 5.75 Å². The first-order valence-electron chi connectivity index (χ1n) is 5.74. The van der Waals surface area contributed by atoms with Gasteiger partial charge in [-0.05, 0) is 24.6 Å². The molecule has 3 rings (SSSR count). The Morgan fingerprint density at radius 2 is 2.05 bits per heavy atom. The summed E-state index contributed by atoms with van der Waals surface area (Å²) in [7, 11) is 0. The van der Waals surface area contributed by atoms with E-state index < -0.39 is 0 Å². The third kappa shape index (κ3) is 1.79. The fraction of sp³-hybridized carbons (Fsp3) is 0.0714. The molecule has 5 nitrogen and oxygen atoms in total. The molecule has 0 spiro atoms. The van der Waals surface area contributed by atoms with Crippen LogP contribution in [-0.4, -0.2) is 19.7 Å². The predicted octanol–water partition coefficient (Wildman–Crippen LogP) is 2.28. The van der Waals surface area contributed by atoms with Gasteiger partial charge in [-0.25, -0.2) is 0 Å². The van der Waals surface area contributed by atoms with Gasteiger partial charge < -0.3 is 5.11 Å². The highest BCUT2D eigenvalue weighted by Gasteiger charge is 2.09. The highest BCUT2D eigenvalue weighted by Crippen LogP contribution is 2.25. The van der Waals surface area contributed by atoms with Crippen LogP contribution in [0.3, 0.4) is 0 Å². The molecule has 5 heteroatoms. The van der Waals surface area contributed by atoms with Crippen molar-refractivity contribution in [2.75, 3.05) is 0 Å². The van der Waals surface area contributed by atoms with Crippen LogP contribution in [0.15, 0.2) is 36.5 Å². The van der Waals surface area contributed by atoms with Crippen LogP contribution >= 0.6 is 0 Å². The number of hydrogen-bond donors (Lipinski definition) is 1. The molecule has 0 aliphatic rings. The van der Waals surface area contributed by atoms with Crippen molar-refractivity contribution in [1.29, 1.82) is 5.26 Å². The number of phenols is 1. The Hall–Kier alpha value is -2.87. The fourth-order valence-electron chi connectivity index (χ4n) is 1.91. The van der Waals surface area contributed by atoms with Crippen LogP contribution in [0.1, 0.15) is 11.1 Å². The molecular weight excluding hydrogens is 240 g/mol. The molecule has 0 saturated carbocycles. The van der Waals surface area contributed by atoms with Crippen LogP contribution in [0.25, 0.3) is 17.0 Å². The van der Waals surface area contributed by atoms with Crippen molar-refractivity contribution in [3.05, 3.63) is 47.7 Å². The van der Waals surface area contributed by atoms with Gasteiger partial charge in [0.05, 0.1) is 11.6 Å². The summed E-state index contributed by atoms with van der Waals surface area (Å²) in [6.45, 7) is 1.83. The van der Waals surface area contributed by atoms with E-state index in [1.165, 1.54) is 0 Å². The minimum absolute atomic E-state index is 0.225. The van der Waals surface area contributed by atoms with Crippen LogP contribution in [-0.2, 0) is 0 Å². The Morgan fingerprint density at radius 1 is 1.21 bits per heavy atom. The van der Waals surface area contributed by atoms with E-state index in [9.17, 15) is 5.11 Å². The minimum Gasteiger partial charge on any atom is -0.508 e. The smallest absolute Gasteiger partial charge is 0.168 e. The van der Waals surface area contributed by atoms with Crippen molar-refractivity contribution in [3.8, 4) is 23.2 Å². The van der Waals surface area contributed by atoms with Crippen LogP contribution < -0.4 is 0 Å². The molecule has 0 saturated heterocycles. The second-order valence-electron chi connectivity index (χ2n) is 4.28. The van der Waals surface area contributed by atoms with Gasteiger partial charge in [-0.2, -0.15) is 5.26 Å². The molecule has 0 bridgehead atoms. The number of benzene rings is 1. The maximum absolute atomic E-state index is 9.75. The summed E-state index contributed by atoms with van der Waals surface area (Å²) in [4.78, 5) is 0. The minimum atomic E-state index is 0.225. The summed E-state index contributed by atoms with van der Waals surface area (Å²) >= 11 is 0. The largest absolute Gasteiger partial charge is 0.508 e. The molecule has 3 aromatic rings. The summed E-state index contributed by atoms with van der Waals surface area (Å²) in [5.74, 6) is 0.859. The van der Waals surface area contributed by atoms with E-state index in [4.69, 9.17) is 5.26 Å². The standard InChI is InChI=1S/C14H10N4O/c1-9-2-3-11(7-12(9)19)14-17-16-13-6-10(8-15)4-5-18(13)14/h2-7,19H,1H3. The average Bonchev–Trinajstić information content (AvgIpc) is 2.84. The third-order valence-corrected chi connectivity index (χ3v) is 3.01. The lowest BCUT2D eigenvalue weighted by Gasteiger charge is -2.03. The van der Waals surface area contributed by atoms with E-state index in [2.05, 4.69) is 16.3 Å². The molecule has 0 unspecified atom stereocenters. The van der Waals surface area contributed by atoms with E-state index in [1.807, 2.05) is 19.1 Å². The lowest BCUT2D eigenvalue weighted by atomic mass is 10.1. The first kappa shape index (κ1) is 11.2. The molecule has 2 aromatic heterocycles. The quantitative estimate of drug-likeness (QED) is 0.719. The Kier molecular flexibility index (Phi) is 2.43. The van der Waals surface area contributed by atoms with E-state index >= 15 is 0 Å². The van der Waals surface area contributed by atoms with Gasteiger partial charge in [-0.15, -0.1) is 10.2 Å². The third-order valence-electron chi connectivity index (χ3n) is 3.01. The number of phenolic OH excluding ortho intramolecular Hbond substituents is 1. The van der Waals surface area contributed by atoms with Crippen molar-refractivity contribution < 1.29 is 5.11 Å². The summed E-state index contributed by atoms with van der Waals surface area (Å²) in [5, 5.41) is 26.7. The summed E-state index contributed by atoms with van der Waals surface area (Å²) < 4.78 is 1.78. The highest BCUT2D eigenvalue weighted by molar-refractivity contribution is 5.63. The van der Waals surface area contributed by atoms with Crippen molar-refractivity contribution in [3.63, 3.8) is 0 Å². The molecule has 1 N–H and O–H groups in total. The number of rotatable bonds is 1. The average molecular weight is 250 g/mol. The van der Waals surface area contributed by atoms with Crippen molar-refractivity contribution in [2.24, 2.45) is 0 Å². The van der Waals surface area contributed by atoms with Gasteiger partial charge in [0.1, 0.15) is 5.75 Å². The number of hydrogen-bond acceptors (Lipinski definition) is 4. The van der Waals surface area contributed by atoms with Crippen molar-refractivity contribution >= 4 is 5.65 Å². The maximum Gasteiger partial charge on any atom is 0.168 e. The van der Waals surface area contributed by atoms with Crippen molar-refractivity contribution in [2.45, 2.75) is 6.92 Å². The second-order valence-corrected chi connectivity index (χ2v) is 4.28. The molecule has 0 amide bonds. The summed E-state index contributed by atoms with van der Waals surface area (Å²) in [5.41, 5.74) is 2.73. The first-order chi connectivity index (χ1) is 9.19. The van der Waals surface area contributed by atoms with Crippen molar-refractivity contribution in [1.82, 2.24) is 14.6 Å². The van der Waals surface area contributed by atoms with Crippen LogP contribution in [0, 0.1) is 18.3 Å². The fourth-order valence-corrected chi connectivity index (χ4v) is 1.91. The predicted molar refractivity (Wildman–Crippen MR) is 69.5 cm³/mol. The van der Waals surface area contributed by atoms with Gasteiger partial charge >= 0.3 is 0 Å². The van der Waals surface area contributed by atoms with E-state index in [1.54, 1.807) is 28.8 Å². The van der Waals surface area contributed by atoms with Crippen LogP contribution in [0.4, 0.5) is 0 Å². The molecule has 0 aliphatic carbocycles. The van der Waals surface area contributed by atoms with Crippen LogP contribution in [0.5, 0.6) is 5.75 Å². The Balaban J connectivity index is 2.20. The Labute approximate surface area is 109 Å². The summed E-state index contributed by atoms with van der Waals surface area (Å²) in [6, 6.07) is 10.8. The van der Waals surface area contributed by atoms with Gasteiger partial charge in [0.15, 0.2) is 11.5 Å². The SMILES string of the molecule is Cc1ccc(-c2nnc3cc(C#N)ccn23)cc1O. The number of pyridine rings is 1. The summed E-state index contributed by atoms with van der Waals surface area (Å²) in [6.07, 6.45) is 1.75.